The van der Waals surface area contributed by atoms with Crippen molar-refractivity contribution >= 4 is 75.7 Å². The second-order valence-electron chi connectivity index (χ2n) is 13.3. The van der Waals surface area contributed by atoms with E-state index in [1.54, 1.807) is 28.3 Å². The highest BCUT2D eigenvalue weighted by Crippen LogP contribution is 2.29. The summed E-state index contributed by atoms with van der Waals surface area (Å²) in [4.78, 5) is 33.4. The molecular formula is C32H38BCl2F2N11O3. The summed E-state index contributed by atoms with van der Waals surface area (Å²) >= 11 is 11.9. The van der Waals surface area contributed by atoms with E-state index in [-0.39, 0.29) is 23.2 Å². The van der Waals surface area contributed by atoms with Crippen LogP contribution in [0, 0.1) is 11.6 Å². The van der Waals surface area contributed by atoms with Crippen LogP contribution in [0.2, 0.25) is 16.9 Å². The number of anilines is 2. The van der Waals surface area contributed by atoms with Gasteiger partial charge in [-0.05, 0) is 51.9 Å². The maximum Gasteiger partial charge on any atom is 0.410 e. The van der Waals surface area contributed by atoms with Crippen molar-refractivity contribution in [2.45, 2.75) is 39.7 Å². The number of rotatable bonds is 4. The Kier molecular flexibility index (Phi) is 10.7. The normalized spacial score (nSPS) is 15.8. The number of hydrogen-bond donors (Lipinski definition) is 2. The van der Waals surface area contributed by atoms with E-state index in [1.165, 1.54) is 18.5 Å². The van der Waals surface area contributed by atoms with Crippen molar-refractivity contribution in [2.24, 2.45) is 5.73 Å². The Balaban J connectivity index is 0.000000177. The lowest BCUT2D eigenvalue weighted by atomic mass is 9.84. The summed E-state index contributed by atoms with van der Waals surface area (Å²) in [6.07, 6.45) is 1.14. The molecule has 2 aliphatic rings. The van der Waals surface area contributed by atoms with Crippen molar-refractivity contribution in [3.8, 4) is 0 Å². The molecule has 0 spiro atoms. The minimum atomic E-state index is -0.534. The van der Waals surface area contributed by atoms with Crippen LogP contribution in [0.5, 0.6) is 0 Å². The van der Waals surface area contributed by atoms with Crippen molar-refractivity contribution in [2.75, 3.05) is 62.2 Å². The molecule has 14 nitrogen and oxygen atoms in total. The number of ether oxygens (including phenoxy) is 1. The summed E-state index contributed by atoms with van der Waals surface area (Å²) in [5.74, 6) is 0.253. The summed E-state index contributed by atoms with van der Waals surface area (Å²) in [6.45, 7) is 12.3. The molecule has 5 aromatic rings. The molecule has 2 fully saturated rings. The van der Waals surface area contributed by atoms with Crippen LogP contribution in [0.3, 0.4) is 0 Å². The van der Waals surface area contributed by atoms with E-state index >= 15 is 0 Å². The molecule has 51 heavy (non-hydrogen) atoms. The first-order valence-electron chi connectivity index (χ1n) is 16.5. The zero-order valence-corrected chi connectivity index (χ0v) is 30.2. The average molecular weight is 744 g/mol. The first-order chi connectivity index (χ1) is 24.2. The summed E-state index contributed by atoms with van der Waals surface area (Å²) < 4.78 is 35.4. The summed E-state index contributed by atoms with van der Waals surface area (Å²) in [6, 6.07) is 5.67. The van der Waals surface area contributed by atoms with Crippen LogP contribution in [0.25, 0.3) is 27.7 Å². The fourth-order valence-corrected chi connectivity index (χ4v) is 6.44. The van der Waals surface area contributed by atoms with Gasteiger partial charge in [0.15, 0.2) is 23.3 Å². The minimum absolute atomic E-state index is 0.132. The lowest BCUT2D eigenvalue weighted by Crippen LogP contribution is -2.51. The molecule has 1 amide bonds. The van der Waals surface area contributed by atoms with Gasteiger partial charge in [0.25, 0.3) is 0 Å². The molecule has 7 rings (SSSR count). The van der Waals surface area contributed by atoms with Crippen molar-refractivity contribution in [1.29, 1.82) is 0 Å². The van der Waals surface area contributed by atoms with Gasteiger partial charge in [-0.2, -0.15) is 0 Å². The molecule has 0 saturated carbocycles. The highest BCUT2D eigenvalue weighted by molar-refractivity contribution is 6.45. The highest BCUT2D eigenvalue weighted by atomic mass is 35.5. The van der Waals surface area contributed by atoms with Crippen LogP contribution in [-0.4, -0.2) is 115 Å². The van der Waals surface area contributed by atoms with Crippen LogP contribution in [0.15, 0.2) is 30.6 Å². The van der Waals surface area contributed by atoms with E-state index < -0.39 is 24.3 Å². The molecule has 19 heteroatoms. The molecule has 0 atom stereocenters. The summed E-state index contributed by atoms with van der Waals surface area (Å²) in [5.41, 5.74) is 7.59. The van der Waals surface area contributed by atoms with Crippen molar-refractivity contribution in [3.63, 3.8) is 0 Å². The van der Waals surface area contributed by atoms with Gasteiger partial charge in [-0.1, -0.05) is 23.2 Å². The molecule has 0 bridgehead atoms. The fraction of sp³-hybridized carbons (Fsp3) is 0.438. The predicted molar refractivity (Wildman–Crippen MR) is 193 cm³/mol. The first-order valence-corrected chi connectivity index (χ1v) is 17.2. The zero-order chi connectivity index (χ0) is 36.6. The predicted octanol–water partition coefficient (Wildman–Crippen LogP) is 4.24. The van der Waals surface area contributed by atoms with Crippen LogP contribution in [-0.2, 0) is 11.3 Å². The van der Waals surface area contributed by atoms with Crippen LogP contribution < -0.4 is 15.5 Å². The third-order valence-corrected chi connectivity index (χ3v) is 8.97. The van der Waals surface area contributed by atoms with Gasteiger partial charge in [0.1, 0.15) is 23.0 Å². The van der Waals surface area contributed by atoms with Gasteiger partial charge in [-0.3, -0.25) is 4.40 Å². The Labute approximate surface area is 303 Å². The number of nitrogens with zero attached hydrogens (tertiary/aromatic N) is 10. The number of aromatic nitrogens is 6. The standard InChI is InChI=1S/C18H23ClFN5O2.C14H15BClFN6O/c1-18(2,3)27-17(26)25-6-4-24(5-7-25)16-14(10-21)22-15-12(20)8-11(19)9-13(15)23-16;1-15(24)22-4-2-21(3-5-22)13-14-20-18-8-23(14)12-10(17)6-9(16)7-11(12)19-13/h8-9H,4-7,10,21H2,1-3H3;6-8,24H,2-5H2,1H3. The van der Waals surface area contributed by atoms with E-state index in [0.29, 0.717) is 96.9 Å². The van der Waals surface area contributed by atoms with Gasteiger partial charge >= 0.3 is 13.1 Å². The molecule has 0 aliphatic carbocycles. The first kappa shape index (κ1) is 36.6. The van der Waals surface area contributed by atoms with E-state index in [2.05, 4.69) is 30.0 Å². The number of carbonyl (C=O) groups excluding carboxylic acids is 1. The van der Waals surface area contributed by atoms with Gasteiger partial charge in [-0.25, -0.2) is 28.5 Å². The maximum absolute atomic E-state index is 14.3. The van der Waals surface area contributed by atoms with Crippen molar-refractivity contribution < 1.29 is 23.3 Å². The molecule has 2 aliphatic heterocycles. The third-order valence-electron chi connectivity index (χ3n) is 8.53. The average Bonchev–Trinajstić information content (AvgIpc) is 3.57. The summed E-state index contributed by atoms with van der Waals surface area (Å²) in [5, 5.41) is 18.3. The Hall–Kier alpha value is -4.16. The molecule has 0 radical (unpaired) electrons. The van der Waals surface area contributed by atoms with Gasteiger partial charge < -0.3 is 35.0 Å². The topological polar surface area (TPSA) is 154 Å². The van der Waals surface area contributed by atoms with Gasteiger partial charge in [0.2, 0.25) is 5.65 Å². The Bertz CT molecular complexity index is 2070. The second-order valence-corrected chi connectivity index (χ2v) is 14.2. The lowest BCUT2D eigenvalue weighted by molar-refractivity contribution is 0.0240. The molecule has 3 N–H and O–H groups in total. The molecule has 3 aromatic heterocycles. The Morgan fingerprint density at radius 3 is 2.12 bits per heavy atom. The summed E-state index contributed by atoms with van der Waals surface area (Å²) in [7, 11) is -0.474. The number of benzene rings is 2. The van der Waals surface area contributed by atoms with E-state index in [1.807, 2.05) is 30.5 Å². The molecule has 2 aromatic carbocycles. The van der Waals surface area contributed by atoms with Crippen molar-refractivity contribution in [1.82, 2.24) is 39.3 Å². The smallest absolute Gasteiger partial charge is 0.410 e. The van der Waals surface area contributed by atoms with Crippen molar-refractivity contribution in [3.05, 3.63) is 58.0 Å². The fourth-order valence-electron chi connectivity index (χ4n) is 6.04. The molecule has 270 valence electrons. The number of hydrogen-bond acceptors (Lipinski definition) is 12. The van der Waals surface area contributed by atoms with Gasteiger partial charge in [0, 0.05) is 68.9 Å². The highest BCUT2D eigenvalue weighted by Gasteiger charge is 2.29. The van der Waals surface area contributed by atoms with E-state index in [9.17, 15) is 18.6 Å². The van der Waals surface area contributed by atoms with Crippen LogP contribution in [0.1, 0.15) is 26.5 Å². The third kappa shape index (κ3) is 8.02. The van der Waals surface area contributed by atoms with E-state index in [4.69, 9.17) is 33.7 Å². The van der Waals surface area contributed by atoms with E-state index in [0.717, 1.165) is 0 Å². The van der Waals surface area contributed by atoms with Crippen LogP contribution in [0.4, 0.5) is 25.2 Å². The number of nitrogens with two attached hydrogens (primary N) is 1. The molecule has 0 unspecified atom stereocenters. The monoisotopic (exact) mass is 743 g/mol. The maximum atomic E-state index is 14.3. The van der Waals surface area contributed by atoms with Gasteiger partial charge in [-0.15, -0.1) is 10.2 Å². The Morgan fingerprint density at radius 2 is 1.49 bits per heavy atom. The Morgan fingerprint density at radius 1 is 0.902 bits per heavy atom. The molecule has 5 heterocycles. The zero-order valence-electron chi connectivity index (χ0n) is 28.7. The lowest BCUT2D eigenvalue weighted by Gasteiger charge is -2.36. The number of carbonyl (C=O) groups is 1. The number of piperazine rings is 2. The molecular weight excluding hydrogens is 706 g/mol. The van der Waals surface area contributed by atoms with Gasteiger partial charge in [0.05, 0.1) is 16.7 Å². The quantitative estimate of drug-likeness (QED) is 0.253. The number of fused-ring (bicyclic) bond motifs is 4. The largest absolute Gasteiger partial charge is 0.444 e. The minimum Gasteiger partial charge on any atom is -0.444 e. The SMILES string of the molecule is CB(O)N1CCN(c2nc3cc(Cl)cc(F)c3n3cnnc23)CC1.CC(C)(C)OC(=O)N1CCN(c2nc3cc(Cl)cc(F)c3nc2CN)CC1. The molecule has 2 saturated heterocycles. The second kappa shape index (κ2) is 14.8. The van der Waals surface area contributed by atoms with Crippen LogP contribution >= 0.6 is 23.2 Å². The number of halogens is 4. The number of amides is 1.